The molecule has 25 heavy (non-hydrogen) atoms. The van der Waals surface area contributed by atoms with Crippen LogP contribution in [0.5, 0.6) is 0 Å². The second kappa shape index (κ2) is 10.7. The van der Waals surface area contributed by atoms with Crippen LogP contribution < -0.4 is 15.5 Å². The molecule has 1 saturated heterocycles. The summed E-state index contributed by atoms with van der Waals surface area (Å²) in [4.78, 5) is 7.15. The van der Waals surface area contributed by atoms with E-state index in [9.17, 15) is 0 Å². The van der Waals surface area contributed by atoms with Crippen LogP contribution in [-0.4, -0.2) is 38.2 Å². The van der Waals surface area contributed by atoms with E-state index < -0.39 is 0 Å². The number of nitrogens with one attached hydrogen (secondary N) is 2. The summed E-state index contributed by atoms with van der Waals surface area (Å²) >= 11 is 1.82. The number of hydrogen-bond acceptors (Lipinski definition) is 4. The highest BCUT2D eigenvalue weighted by Crippen LogP contribution is 2.24. The third-order valence-electron chi connectivity index (χ3n) is 4.21. The van der Waals surface area contributed by atoms with Gasteiger partial charge in [0.1, 0.15) is 5.76 Å². The van der Waals surface area contributed by atoms with Gasteiger partial charge in [-0.25, -0.2) is 0 Å². The molecule has 7 heteroatoms. The minimum absolute atomic E-state index is 0. The number of aliphatic imine (C=N–C) groups is 1. The first-order valence-electron chi connectivity index (χ1n) is 8.71. The third kappa shape index (κ3) is 6.22. The van der Waals surface area contributed by atoms with Gasteiger partial charge < -0.3 is 20.0 Å². The fraction of sp³-hybridized carbons (Fsp3) is 0.500. The van der Waals surface area contributed by atoms with Crippen molar-refractivity contribution in [3.63, 3.8) is 0 Å². The maximum Gasteiger partial charge on any atom is 0.191 e. The van der Waals surface area contributed by atoms with E-state index in [4.69, 9.17) is 4.42 Å². The Hall–Kier alpha value is -1.22. The summed E-state index contributed by atoms with van der Waals surface area (Å²) in [5.74, 6) is 1.90. The van der Waals surface area contributed by atoms with Gasteiger partial charge in [0.15, 0.2) is 5.96 Å². The monoisotopic (exact) mass is 474 g/mol. The van der Waals surface area contributed by atoms with E-state index in [0.717, 1.165) is 57.2 Å². The van der Waals surface area contributed by atoms with Crippen LogP contribution in [0.1, 0.15) is 25.5 Å². The highest BCUT2D eigenvalue weighted by Gasteiger charge is 2.20. The molecule has 2 N–H and O–H groups in total. The molecule has 2 aromatic rings. The van der Waals surface area contributed by atoms with Crippen LogP contribution in [0.3, 0.4) is 0 Å². The predicted octanol–water partition coefficient (Wildman–Crippen LogP) is 3.73. The predicted molar refractivity (Wildman–Crippen MR) is 116 cm³/mol. The number of guanidine groups is 1. The van der Waals surface area contributed by atoms with Crippen molar-refractivity contribution in [1.82, 2.24) is 10.6 Å². The molecule has 1 fully saturated rings. The zero-order valence-electron chi connectivity index (χ0n) is 14.6. The number of furan rings is 1. The molecule has 5 nitrogen and oxygen atoms in total. The molecule has 1 aliphatic heterocycles. The normalized spacial score (nSPS) is 15.7. The van der Waals surface area contributed by atoms with Gasteiger partial charge in [-0.15, -0.1) is 35.3 Å². The van der Waals surface area contributed by atoms with Gasteiger partial charge in [0.25, 0.3) is 0 Å². The fourth-order valence-corrected chi connectivity index (χ4v) is 3.73. The van der Waals surface area contributed by atoms with Gasteiger partial charge >= 0.3 is 0 Å². The summed E-state index contributed by atoms with van der Waals surface area (Å²) in [6, 6.07) is 8.74. The minimum Gasteiger partial charge on any atom is -0.469 e. The lowest BCUT2D eigenvalue weighted by Gasteiger charge is -2.33. The summed E-state index contributed by atoms with van der Waals surface area (Å²) in [6.45, 7) is 5.91. The number of rotatable bonds is 6. The van der Waals surface area contributed by atoms with Gasteiger partial charge in [-0.3, -0.25) is 4.99 Å². The van der Waals surface area contributed by atoms with Crippen molar-refractivity contribution in [2.45, 2.75) is 32.2 Å². The Morgan fingerprint density at radius 1 is 1.32 bits per heavy atom. The first kappa shape index (κ1) is 20.1. The van der Waals surface area contributed by atoms with Crippen LogP contribution in [-0.2, 0) is 6.42 Å². The molecule has 1 aliphatic rings. The SMILES string of the molecule is CCNC(=NCCc1ccco1)NC1CCN(c2cccs2)CC1.I. The molecule has 2 aromatic heterocycles. The van der Waals surface area contributed by atoms with E-state index in [-0.39, 0.29) is 24.0 Å². The fourth-order valence-electron chi connectivity index (χ4n) is 2.94. The third-order valence-corrected chi connectivity index (χ3v) is 5.14. The number of hydrogen-bond donors (Lipinski definition) is 2. The average molecular weight is 474 g/mol. The van der Waals surface area contributed by atoms with Crippen LogP contribution >= 0.6 is 35.3 Å². The Morgan fingerprint density at radius 3 is 2.80 bits per heavy atom. The van der Waals surface area contributed by atoms with Crippen LogP contribution in [0, 0.1) is 0 Å². The molecule has 0 saturated carbocycles. The number of thiophene rings is 1. The summed E-state index contributed by atoms with van der Waals surface area (Å²) in [5, 5.41) is 10.5. The topological polar surface area (TPSA) is 52.8 Å². The number of anilines is 1. The molecule has 0 amide bonds. The molecular weight excluding hydrogens is 447 g/mol. The average Bonchev–Trinajstić information content (AvgIpc) is 3.29. The van der Waals surface area contributed by atoms with E-state index in [1.807, 2.05) is 23.5 Å². The highest BCUT2D eigenvalue weighted by atomic mass is 127. The Kier molecular flexibility index (Phi) is 8.60. The summed E-state index contributed by atoms with van der Waals surface area (Å²) in [5.41, 5.74) is 0. The van der Waals surface area contributed by atoms with Crippen LogP contribution in [0.15, 0.2) is 45.3 Å². The Morgan fingerprint density at radius 2 is 2.16 bits per heavy atom. The van der Waals surface area contributed by atoms with E-state index >= 15 is 0 Å². The first-order chi connectivity index (χ1) is 11.8. The molecule has 0 radical (unpaired) electrons. The van der Waals surface area contributed by atoms with Gasteiger partial charge in [0, 0.05) is 38.6 Å². The van der Waals surface area contributed by atoms with E-state index in [1.165, 1.54) is 5.00 Å². The Bertz CT molecular complexity index is 607. The summed E-state index contributed by atoms with van der Waals surface area (Å²) in [7, 11) is 0. The van der Waals surface area contributed by atoms with E-state index in [2.05, 4.69) is 45.0 Å². The smallest absolute Gasteiger partial charge is 0.191 e. The lowest BCUT2D eigenvalue weighted by Crippen LogP contribution is -2.48. The lowest BCUT2D eigenvalue weighted by atomic mass is 10.1. The highest BCUT2D eigenvalue weighted by molar-refractivity contribution is 14.0. The molecule has 0 bridgehead atoms. The van der Waals surface area contributed by atoms with Crippen molar-refractivity contribution in [2.75, 3.05) is 31.1 Å². The van der Waals surface area contributed by atoms with Gasteiger partial charge in [-0.05, 0) is 49.4 Å². The molecule has 0 aliphatic carbocycles. The molecule has 3 rings (SSSR count). The Labute approximate surface area is 170 Å². The molecule has 138 valence electrons. The molecule has 0 spiro atoms. The first-order valence-corrected chi connectivity index (χ1v) is 9.59. The van der Waals surface area contributed by atoms with Crippen molar-refractivity contribution in [3.05, 3.63) is 41.7 Å². The maximum absolute atomic E-state index is 5.36. The minimum atomic E-state index is 0. The second-order valence-electron chi connectivity index (χ2n) is 5.95. The molecule has 0 unspecified atom stereocenters. The summed E-state index contributed by atoms with van der Waals surface area (Å²) < 4.78 is 5.36. The largest absolute Gasteiger partial charge is 0.469 e. The Balaban J connectivity index is 0.00000225. The molecule has 3 heterocycles. The maximum atomic E-state index is 5.36. The second-order valence-corrected chi connectivity index (χ2v) is 6.87. The summed E-state index contributed by atoms with van der Waals surface area (Å²) in [6.07, 6.45) is 4.82. The van der Waals surface area contributed by atoms with Crippen LogP contribution in [0.25, 0.3) is 0 Å². The molecule has 0 atom stereocenters. The number of nitrogens with zero attached hydrogens (tertiary/aromatic N) is 2. The van der Waals surface area contributed by atoms with Crippen molar-refractivity contribution in [1.29, 1.82) is 0 Å². The molecule has 0 aromatic carbocycles. The lowest BCUT2D eigenvalue weighted by molar-refractivity contribution is 0.462. The van der Waals surface area contributed by atoms with E-state index in [0.29, 0.717) is 6.04 Å². The van der Waals surface area contributed by atoms with Crippen LogP contribution in [0.2, 0.25) is 0 Å². The zero-order chi connectivity index (χ0) is 16.6. The molecular formula is C18H27IN4OS. The number of piperidine rings is 1. The van der Waals surface area contributed by atoms with Crippen molar-refractivity contribution >= 4 is 46.3 Å². The van der Waals surface area contributed by atoms with Crippen LogP contribution in [0.4, 0.5) is 5.00 Å². The van der Waals surface area contributed by atoms with Crippen molar-refractivity contribution in [3.8, 4) is 0 Å². The number of halogens is 1. The standard InChI is InChI=1S/C18H26N4OS.HI/c1-2-19-18(20-10-7-16-5-3-13-23-16)21-15-8-11-22(12-9-15)17-6-4-14-24-17;/h3-6,13-15H,2,7-12H2,1H3,(H2,19,20,21);1H. The van der Waals surface area contributed by atoms with Gasteiger partial charge in [-0.2, -0.15) is 0 Å². The quantitative estimate of drug-likeness (QED) is 0.381. The zero-order valence-corrected chi connectivity index (χ0v) is 17.8. The van der Waals surface area contributed by atoms with Crippen molar-refractivity contribution in [2.24, 2.45) is 4.99 Å². The van der Waals surface area contributed by atoms with Gasteiger partial charge in [0.2, 0.25) is 0 Å². The van der Waals surface area contributed by atoms with Gasteiger partial charge in [0.05, 0.1) is 11.3 Å². The van der Waals surface area contributed by atoms with E-state index in [1.54, 1.807) is 6.26 Å². The van der Waals surface area contributed by atoms with Gasteiger partial charge in [-0.1, -0.05) is 0 Å². The van der Waals surface area contributed by atoms with Crippen molar-refractivity contribution < 1.29 is 4.42 Å².